The van der Waals surface area contributed by atoms with E-state index >= 15 is 0 Å². The highest BCUT2D eigenvalue weighted by Crippen LogP contribution is 2.17. The van der Waals surface area contributed by atoms with Gasteiger partial charge >= 0.3 is 0 Å². The lowest BCUT2D eigenvalue weighted by atomic mass is 10.0. The summed E-state index contributed by atoms with van der Waals surface area (Å²) in [6.45, 7) is 13.4. The van der Waals surface area contributed by atoms with Crippen molar-refractivity contribution in [3.05, 3.63) is 29.8 Å². The van der Waals surface area contributed by atoms with Crippen molar-refractivity contribution in [2.45, 2.75) is 65.4 Å². The van der Waals surface area contributed by atoms with Crippen molar-refractivity contribution in [1.29, 1.82) is 0 Å². The Morgan fingerprint density at radius 1 is 0.939 bits per heavy atom. The summed E-state index contributed by atoms with van der Waals surface area (Å²) in [7, 11) is -3.73. The molecule has 2 N–H and O–H groups in total. The zero-order chi connectivity index (χ0) is 25.3. The van der Waals surface area contributed by atoms with Crippen molar-refractivity contribution in [1.82, 2.24) is 19.8 Å². The minimum Gasteiger partial charge on any atom is -0.352 e. The number of rotatable bonds is 12. The second-order valence-electron chi connectivity index (χ2n) is 8.39. The van der Waals surface area contributed by atoms with Crippen LogP contribution in [0.3, 0.4) is 0 Å². The first kappa shape index (κ1) is 28.6. The molecular formula is C23H38N4O5S. The molecule has 0 heterocycles. The summed E-state index contributed by atoms with van der Waals surface area (Å²) >= 11 is 0. The number of nitrogens with one attached hydrogen (secondary N) is 2. The molecule has 0 spiro atoms. The van der Waals surface area contributed by atoms with Crippen LogP contribution in [-0.2, 0) is 19.6 Å². The molecule has 0 aromatic heterocycles. The molecule has 0 saturated heterocycles. The molecule has 1 rings (SSSR count). The maximum absolute atomic E-state index is 13.1. The number of likely N-dealkylation sites (N-methyl/N-ethyl adjacent to an activating group) is 1. The normalized spacial score (nSPS) is 12.7. The molecule has 0 fully saturated rings. The summed E-state index contributed by atoms with van der Waals surface area (Å²) < 4.78 is 26.9. The van der Waals surface area contributed by atoms with Crippen molar-refractivity contribution in [3.63, 3.8) is 0 Å². The van der Waals surface area contributed by atoms with Gasteiger partial charge in [-0.05, 0) is 44.9 Å². The van der Waals surface area contributed by atoms with Crippen LogP contribution in [0.1, 0.15) is 58.8 Å². The van der Waals surface area contributed by atoms with Gasteiger partial charge in [0.1, 0.15) is 6.04 Å². The fraction of sp³-hybridized carbons (Fsp3) is 0.609. The van der Waals surface area contributed by atoms with E-state index in [1.54, 1.807) is 34.6 Å². The van der Waals surface area contributed by atoms with Gasteiger partial charge in [-0.2, -0.15) is 4.31 Å². The van der Waals surface area contributed by atoms with Crippen LogP contribution in [0, 0.1) is 5.92 Å². The Morgan fingerprint density at radius 3 is 2.03 bits per heavy atom. The van der Waals surface area contributed by atoms with E-state index in [4.69, 9.17) is 0 Å². The van der Waals surface area contributed by atoms with Crippen LogP contribution in [-0.4, -0.2) is 73.6 Å². The molecule has 0 aliphatic carbocycles. The average Bonchev–Trinajstić information content (AvgIpc) is 2.75. The molecule has 1 aromatic rings. The average molecular weight is 483 g/mol. The molecule has 0 bridgehead atoms. The maximum atomic E-state index is 13.1. The number of hydrogen-bond donors (Lipinski definition) is 2. The number of nitrogens with zero attached hydrogens (tertiary/aromatic N) is 2. The lowest BCUT2D eigenvalue weighted by Gasteiger charge is -2.29. The first-order chi connectivity index (χ1) is 15.4. The summed E-state index contributed by atoms with van der Waals surface area (Å²) in [5.74, 6) is -1.44. The van der Waals surface area contributed by atoms with Gasteiger partial charge in [-0.25, -0.2) is 8.42 Å². The standard InChI is InChI=1S/C23H38N4O5S/c1-8-26(15-20(28)24-17(6)7)23(30)21(16(4)5)25-22(29)18-12-11-13-19(14-18)33(31,32)27(9-2)10-3/h11-14,16-17,21H,8-10,15H2,1-7H3,(H,24,28)(H,25,29). The maximum Gasteiger partial charge on any atom is 0.251 e. The number of carbonyl (C=O) groups is 3. The Labute approximate surface area is 198 Å². The third kappa shape index (κ3) is 7.82. The van der Waals surface area contributed by atoms with Crippen LogP contribution in [0.2, 0.25) is 0 Å². The largest absolute Gasteiger partial charge is 0.352 e. The Balaban J connectivity index is 3.11. The van der Waals surface area contributed by atoms with Gasteiger partial charge in [0.05, 0.1) is 11.4 Å². The zero-order valence-corrected chi connectivity index (χ0v) is 21.5. The van der Waals surface area contributed by atoms with E-state index in [-0.39, 0.29) is 40.8 Å². The Bertz CT molecular complexity index is 927. The van der Waals surface area contributed by atoms with Gasteiger partial charge in [0.15, 0.2) is 0 Å². The van der Waals surface area contributed by atoms with Crippen molar-refractivity contribution in [2.24, 2.45) is 5.92 Å². The Hall–Kier alpha value is -2.46. The Morgan fingerprint density at radius 2 is 1.55 bits per heavy atom. The molecule has 0 aliphatic rings. The molecule has 0 saturated carbocycles. The lowest BCUT2D eigenvalue weighted by Crippen LogP contribution is -2.53. The van der Waals surface area contributed by atoms with E-state index in [1.807, 2.05) is 13.8 Å². The van der Waals surface area contributed by atoms with Crippen LogP contribution in [0.5, 0.6) is 0 Å². The number of benzene rings is 1. The topological polar surface area (TPSA) is 116 Å². The molecule has 1 aromatic carbocycles. The Kier molecular flexibility index (Phi) is 11.0. The molecule has 0 radical (unpaired) electrons. The fourth-order valence-electron chi connectivity index (χ4n) is 3.33. The minimum atomic E-state index is -3.73. The highest BCUT2D eigenvalue weighted by atomic mass is 32.2. The van der Waals surface area contributed by atoms with Gasteiger partial charge in [-0.3, -0.25) is 14.4 Å². The molecular weight excluding hydrogens is 444 g/mol. The van der Waals surface area contributed by atoms with Gasteiger partial charge in [0.2, 0.25) is 21.8 Å². The van der Waals surface area contributed by atoms with Crippen LogP contribution in [0.15, 0.2) is 29.2 Å². The van der Waals surface area contributed by atoms with E-state index < -0.39 is 22.0 Å². The first-order valence-corrected chi connectivity index (χ1v) is 12.8. The van der Waals surface area contributed by atoms with Crippen molar-refractivity contribution >= 4 is 27.7 Å². The third-order valence-corrected chi connectivity index (χ3v) is 7.18. The second-order valence-corrected chi connectivity index (χ2v) is 10.3. The number of sulfonamides is 1. The lowest BCUT2D eigenvalue weighted by molar-refractivity contribution is -0.138. The number of amides is 3. The van der Waals surface area contributed by atoms with Gasteiger partial charge < -0.3 is 15.5 Å². The zero-order valence-electron chi connectivity index (χ0n) is 20.7. The molecule has 0 aliphatic heterocycles. The summed E-state index contributed by atoms with van der Waals surface area (Å²) in [6.07, 6.45) is 0. The summed E-state index contributed by atoms with van der Waals surface area (Å²) in [5.41, 5.74) is 0.141. The van der Waals surface area contributed by atoms with Gasteiger partial charge in [0.25, 0.3) is 5.91 Å². The van der Waals surface area contributed by atoms with Gasteiger partial charge in [-0.1, -0.05) is 33.8 Å². The van der Waals surface area contributed by atoms with E-state index in [0.717, 1.165) is 0 Å². The summed E-state index contributed by atoms with van der Waals surface area (Å²) in [4.78, 5) is 39.6. The van der Waals surface area contributed by atoms with E-state index in [0.29, 0.717) is 19.6 Å². The van der Waals surface area contributed by atoms with Crippen molar-refractivity contribution in [2.75, 3.05) is 26.2 Å². The predicted molar refractivity (Wildman–Crippen MR) is 128 cm³/mol. The third-order valence-electron chi connectivity index (χ3n) is 5.14. The SMILES string of the molecule is CCN(CC(=O)NC(C)C)C(=O)C(NC(=O)c1cccc(S(=O)(=O)N(CC)CC)c1)C(C)C. The molecule has 1 atom stereocenters. The molecule has 9 nitrogen and oxygen atoms in total. The van der Waals surface area contributed by atoms with Gasteiger partial charge in [-0.15, -0.1) is 0 Å². The van der Waals surface area contributed by atoms with Crippen LogP contribution >= 0.6 is 0 Å². The summed E-state index contributed by atoms with van der Waals surface area (Å²) in [5, 5.41) is 5.48. The summed E-state index contributed by atoms with van der Waals surface area (Å²) in [6, 6.07) is 4.86. The van der Waals surface area contributed by atoms with Crippen molar-refractivity contribution in [3.8, 4) is 0 Å². The van der Waals surface area contributed by atoms with E-state index in [9.17, 15) is 22.8 Å². The van der Waals surface area contributed by atoms with E-state index in [2.05, 4.69) is 10.6 Å². The van der Waals surface area contributed by atoms with Crippen LogP contribution < -0.4 is 10.6 Å². The monoisotopic (exact) mass is 482 g/mol. The van der Waals surface area contributed by atoms with Crippen molar-refractivity contribution < 1.29 is 22.8 Å². The molecule has 1 unspecified atom stereocenters. The molecule has 3 amide bonds. The number of hydrogen-bond acceptors (Lipinski definition) is 5. The molecule has 186 valence electrons. The predicted octanol–water partition coefficient (Wildman–Crippen LogP) is 1.84. The smallest absolute Gasteiger partial charge is 0.251 e. The second kappa shape index (κ2) is 12.7. The molecule has 10 heteroatoms. The first-order valence-electron chi connectivity index (χ1n) is 11.4. The minimum absolute atomic E-state index is 0.0202. The van der Waals surface area contributed by atoms with Crippen LogP contribution in [0.4, 0.5) is 0 Å². The number of carbonyl (C=O) groups excluding carboxylic acids is 3. The molecule has 33 heavy (non-hydrogen) atoms. The van der Waals surface area contributed by atoms with Gasteiger partial charge in [0, 0.05) is 31.2 Å². The van der Waals surface area contributed by atoms with E-state index in [1.165, 1.54) is 33.5 Å². The highest BCUT2D eigenvalue weighted by Gasteiger charge is 2.30. The quantitative estimate of drug-likeness (QED) is 0.472. The van der Waals surface area contributed by atoms with Crippen LogP contribution in [0.25, 0.3) is 0 Å². The highest BCUT2D eigenvalue weighted by molar-refractivity contribution is 7.89. The fourth-order valence-corrected chi connectivity index (χ4v) is 4.84.